The Bertz CT molecular complexity index is 410. The van der Waals surface area contributed by atoms with Gasteiger partial charge in [-0.3, -0.25) is 4.79 Å². The van der Waals surface area contributed by atoms with Crippen molar-refractivity contribution >= 4 is 11.8 Å². The molecular formula is C11H16FN3O2. The third kappa shape index (κ3) is 3.37. The Hall–Kier alpha value is -1.72. The highest BCUT2D eigenvalue weighted by Crippen LogP contribution is 2.19. The van der Waals surface area contributed by atoms with Crippen LogP contribution in [0.5, 0.6) is 0 Å². The third-order valence-corrected chi connectivity index (χ3v) is 2.41. The second kappa shape index (κ2) is 5.56. The van der Waals surface area contributed by atoms with Gasteiger partial charge in [0.2, 0.25) is 0 Å². The average Bonchev–Trinajstić information content (AvgIpc) is 2.23. The topological polar surface area (TPSA) is 66.3 Å². The molecule has 6 heteroatoms. The van der Waals surface area contributed by atoms with Crippen LogP contribution in [0.3, 0.4) is 0 Å². The fourth-order valence-electron chi connectivity index (χ4n) is 1.47. The van der Waals surface area contributed by atoms with E-state index in [-0.39, 0.29) is 30.5 Å². The summed E-state index contributed by atoms with van der Waals surface area (Å²) in [6, 6.07) is -0.0295. The van der Waals surface area contributed by atoms with E-state index in [1.54, 1.807) is 11.8 Å². The molecule has 1 heterocycles. The van der Waals surface area contributed by atoms with E-state index in [1.807, 2.05) is 13.8 Å². The Balaban J connectivity index is 2.97. The van der Waals surface area contributed by atoms with Crippen LogP contribution in [0, 0.1) is 12.7 Å². The third-order valence-electron chi connectivity index (χ3n) is 2.41. The Morgan fingerprint density at radius 1 is 1.53 bits per heavy atom. The number of aliphatic carboxylic acids is 1. The van der Waals surface area contributed by atoms with Crippen molar-refractivity contribution in [2.45, 2.75) is 33.2 Å². The number of anilines is 1. The summed E-state index contributed by atoms with van der Waals surface area (Å²) in [6.07, 6.45) is 1.23. The molecule has 0 aliphatic carbocycles. The number of halogens is 1. The second-order valence-electron chi connectivity index (χ2n) is 4.03. The van der Waals surface area contributed by atoms with Gasteiger partial charge in [-0.2, -0.15) is 0 Å². The molecule has 0 unspecified atom stereocenters. The minimum absolute atomic E-state index is 0.0295. The van der Waals surface area contributed by atoms with Crippen molar-refractivity contribution in [1.82, 2.24) is 9.97 Å². The standard InChI is InChI=1S/C11H16FN3O2/c1-7(2)15(5-4-9(16)17)11-10(12)8(3)13-6-14-11/h6-7H,4-5H2,1-3H3,(H,16,17). The molecule has 1 N–H and O–H groups in total. The Morgan fingerprint density at radius 2 is 2.18 bits per heavy atom. The maximum absolute atomic E-state index is 13.8. The van der Waals surface area contributed by atoms with E-state index in [1.165, 1.54) is 6.33 Å². The number of carboxylic acid groups (broad SMARTS) is 1. The summed E-state index contributed by atoms with van der Waals surface area (Å²) < 4.78 is 13.8. The summed E-state index contributed by atoms with van der Waals surface area (Å²) in [5.41, 5.74) is 0.260. The molecule has 0 spiro atoms. The number of nitrogens with zero attached hydrogens (tertiary/aromatic N) is 3. The predicted octanol–water partition coefficient (Wildman–Crippen LogP) is 1.61. The van der Waals surface area contributed by atoms with Crippen molar-refractivity contribution in [3.05, 3.63) is 17.8 Å². The molecule has 0 saturated carbocycles. The zero-order valence-electron chi connectivity index (χ0n) is 10.1. The first kappa shape index (κ1) is 13.3. The van der Waals surface area contributed by atoms with Gasteiger partial charge in [0.25, 0.3) is 0 Å². The molecule has 0 bridgehead atoms. The zero-order chi connectivity index (χ0) is 13.0. The Kier molecular flexibility index (Phi) is 4.37. The molecule has 0 atom stereocenters. The zero-order valence-corrected chi connectivity index (χ0v) is 10.1. The van der Waals surface area contributed by atoms with Gasteiger partial charge in [-0.1, -0.05) is 0 Å². The van der Waals surface area contributed by atoms with E-state index in [9.17, 15) is 9.18 Å². The van der Waals surface area contributed by atoms with Crippen LogP contribution < -0.4 is 4.90 Å². The van der Waals surface area contributed by atoms with E-state index in [2.05, 4.69) is 9.97 Å². The largest absolute Gasteiger partial charge is 0.481 e. The van der Waals surface area contributed by atoms with Crippen molar-refractivity contribution in [1.29, 1.82) is 0 Å². The van der Waals surface area contributed by atoms with Gasteiger partial charge in [0.05, 0.1) is 12.1 Å². The van der Waals surface area contributed by atoms with Crippen molar-refractivity contribution < 1.29 is 14.3 Å². The summed E-state index contributed by atoms with van der Waals surface area (Å²) >= 11 is 0. The van der Waals surface area contributed by atoms with Gasteiger partial charge in [-0.05, 0) is 20.8 Å². The molecule has 1 aromatic rings. The fraction of sp³-hybridized carbons (Fsp3) is 0.545. The van der Waals surface area contributed by atoms with E-state index < -0.39 is 11.8 Å². The maximum Gasteiger partial charge on any atom is 0.305 e. The number of rotatable bonds is 5. The van der Waals surface area contributed by atoms with Crippen LogP contribution in [0.1, 0.15) is 26.0 Å². The number of carbonyl (C=O) groups is 1. The first-order chi connectivity index (χ1) is 7.93. The fourth-order valence-corrected chi connectivity index (χ4v) is 1.47. The summed E-state index contributed by atoms with van der Waals surface area (Å²) in [7, 11) is 0. The van der Waals surface area contributed by atoms with Gasteiger partial charge in [0.1, 0.15) is 6.33 Å². The summed E-state index contributed by atoms with van der Waals surface area (Å²) in [5.74, 6) is -1.25. The van der Waals surface area contributed by atoms with Gasteiger partial charge >= 0.3 is 5.97 Å². The molecule has 0 aromatic carbocycles. The summed E-state index contributed by atoms with van der Waals surface area (Å²) in [6.45, 7) is 5.49. The minimum atomic E-state index is -0.915. The minimum Gasteiger partial charge on any atom is -0.481 e. The van der Waals surface area contributed by atoms with Crippen LogP contribution in [0.2, 0.25) is 0 Å². The maximum atomic E-state index is 13.8. The quantitative estimate of drug-likeness (QED) is 0.848. The Morgan fingerprint density at radius 3 is 2.71 bits per heavy atom. The van der Waals surface area contributed by atoms with Gasteiger partial charge in [0.15, 0.2) is 11.6 Å². The Labute approximate surface area is 99.3 Å². The highest BCUT2D eigenvalue weighted by molar-refractivity contribution is 5.67. The molecule has 0 saturated heterocycles. The second-order valence-corrected chi connectivity index (χ2v) is 4.03. The van der Waals surface area contributed by atoms with Crippen LogP contribution >= 0.6 is 0 Å². The smallest absolute Gasteiger partial charge is 0.305 e. The van der Waals surface area contributed by atoms with E-state index in [0.29, 0.717) is 0 Å². The molecule has 94 valence electrons. The predicted molar refractivity (Wildman–Crippen MR) is 61.5 cm³/mol. The molecule has 0 amide bonds. The lowest BCUT2D eigenvalue weighted by Crippen LogP contribution is -2.34. The molecular weight excluding hydrogens is 225 g/mol. The van der Waals surface area contributed by atoms with Crippen LogP contribution in [-0.4, -0.2) is 33.6 Å². The molecule has 5 nitrogen and oxygen atoms in total. The lowest BCUT2D eigenvalue weighted by Gasteiger charge is -2.27. The van der Waals surface area contributed by atoms with Crippen molar-refractivity contribution in [3.8, 4) is 0 Å². The lowest BCUT2D eigenvalue weighted by molar-refractivity contribution is -0.136. The van der Waals surface area contributed by atoms with Gasteiger partial charge in [0, 0.05) is 12.6 Å². The van der Waals surface area contributed by atoms with E-state index in [4.69, 9.17) is 5.11 Å². The normalized spacial score (nSPS) is 10.6. The molecule has 0 radical (unpaired) electrons. The number of hydrogen-bond acceptors (Lipinski definition) is 4. The van der Waals surface area contributed by atoms with E-state index >= 15 is 0 Å². The lowest BCUT2D eigenvalue weighted by atomic mass is 10.2. The molecule has 0 aliphatic heterocycles. The summed E-state index contributed by atoms with van der Waals surface area (Å²) in [5, 5.41) is 8.66. The number of aryl methyl sites for hydroxylation is 1. The molecule has 0 fully saturated rings. The van der Waals surface area contributed by atoms with Crippen molar-refractivity contribution in [3.63, 3.8) is 0 Å². The highest BCUT2D eigenvalue weighted by Gasteiger charge is 2.18. The van der Waals surface area contributed by atoms with Gasteiger partial charge in [-0.15, -0.1) is 0 Å². The monoisotopic (exact) mass is 241 g/mol. The number of carboxylic acids is 1. The first-order valence-electron chi connectivity index (χ1n) is 5.39. The average molecular weight is 241 g/mol. The van der Waals surface area contributed by atoms with Crippen molar-refractivity contribution in [2.75, 3.05) is 11.4 Å². The summed E-state index contributed by atoms with van der Waals surface area (Å²) in [4.78, 5) is 19.8. The number of hydrogen-bond donors (Lipinski definition) is 1. The molecule has 1 aromatic heterocycles. The van der Waals surface area contributed by atoms with Crippen molar-refractivity contribution in [2.24, 2.45) is 0 Å². The van der Waals surface area contributed by atoms with Crippen LogP contribution in [-0.2, 0) is 4.79 Å². The van der Waals surface area contributed by atoms with E-state index in [0.717, 1.165) is 0 Å². The molecule has 17 heavy (non-hydrogen) atoms. The molecule has 0 aliphatic rings. The SMILES string of the molecule is Cc1ncnc(N(CCC(=O)O)C(C)C)c1F. The van der Waals surface area contributed by atoms with Crippen LogP contribution in [0.15, 0.2) is 6.33 Å². The van der Waals surface area contributed by atoms with Gasteiger partial charge in [-0.25, -0.2) is 14.4 Å². The van der Waals surface area contributed by atoms with Crippen LogP contribution in [0.25, 0.3) is 0 Å². The van der Waals surface area contributed by atoms with Crippen LogP contribution in [0.4, 0.5) is 10.2 Å². The van der Waals surface area contributed by atoms with Gasteiger partial charge < -0.3 is 10.0 Å². The number of aromatic nitrogens is 2. The highest BCUT2D eigenvalue weighted by atomic mass is 19.1. The molecule has 1 rings (SSSR count). The first-order valence-corrected chi connectivity index (χ1v) is 5.39.